The number of nitrogens with zero attached hydrogens (tertiary/aromatic N) is 1. The molecular formula is C29H40F5NOS. The Hall–Kier alpha value is -1.31. The van der Waals surface area contributed by atoms with Crippen LogP contribution < -0.4 is 0 Å². The average molecular weight is 546 g/mol. The topological polar surface area (TPSA) is 32.6 Å². The molecule has 4 rings (SSSR count). The van der Waals surface area contributed by atoms with Crippen LogP contribution in [0.3, 0.4) is 0 Å². The Morgan fingerprint density at radius 1 is 1.11 bits per heavy atom. The molecular weight excluding hydrogens is 505 g/mol. The zero-order valence-electron chi connectivity index (χ0n) is 22.1. The Bertz CT molecular complexity index is 981. The molecule has 0 aliphatic heterocycles. The first kappa shape index (κ1) is 28.7. The molecule has 8 heteroatoms. The van der Waals surface area contributed by atoms with Gasteiger partial charge in [0, 0.05) is 16.6 Å². The van der Waals surface area contributed by atoms with Crippen LogP contribution in [0, 0.1) is 23.2 Å². The van der Waals surface area contributed by atoms with Gasteiger partial charge in [0.1, 0.15) is 0 Å². The van der Waals surface area contributed by atoms with Crippen LogP contribution in [0.4, 0.5) is 22.0 Å². The van der Waals surface area contributed by atoms with Gasteiger partial charge < -0.3 is 5.21 Å². The van der Waals surface area contributed by atoms with Crippen LogP contribution in [0.5, 0.6) is 0 Å². The van der Waals surface area contributed by atoms with Gasteiger partial charge in [-0.05, 0) is 98.3 Å². The molecule has 2 nitrogen and oxygen atoms in total. The number of oxime groups is 1. The van der Waals surface area contributed by atoms with Crippen molar-refractivity contribution >= 4 is 17.5 Å². The summed E-state index contributed by atoms with van der Waals surface area (Å²) < 4.78 is 64.1. The van der Waals surface area contributed by atoms with Gasteiger partial charge in [0.2, 0.25) is 0 Å². The second-order valence-corrected chi connectivity index (χ2v) is 13.7. The third-order valence-corrected chi connectivity index (χ3v) is 11.7. The summed E-state index contributed by atoms with van der Waals surface area (Å²) >= 11 is 1.55. The molecule has 0 amide bonds. The maximum Gasteiger partial charge on any atom is 0.453 e. The first-order chi connectivity index (χ1) is 17.4. The molecule has 2 saturated carbocycles. The van der Waals surface area contributed by atoms with Crippen molar-refractivity contribution in [3.63, 3.8) is 0 Å². The zero-order valence-corrected chi connectivity index (χ0v) is 22.9. The van der Waals surface area contributed by atoms with Crippen molar-refractivity contribution in [1.82, 2.24) is 0 Å². The second-order valence-electron chi connectivity index (χ2n) is 12.0. The molecule has 1 N–H and O–H groups in total. The second kappa shape index (κ2) is 10.7. The Kier molecular flexibility index (Phi) is 8.29. The van der Waals surface area contributed by atoms with E-state index in [0.29, 0.717) is 29.4 Å². The van der Waals surface area contributed by atoms with E-state index in [4.69, 9.17) is 0 Å². The van der Waals surface area contributed by atoms with Crippen molar-refractivity contribution in [2.75, 3.05) is 5.75 Å². The summed E-state index contributed by atoms with van der Waals surface area (Å²) in [5, 5.41) is 13.4. The van der Waals surface area contributed by atoms with Gasteiger partial charge in [0.05, 0.1) is 5.71 Å². The summed E-state index contributed by atoms with van der Waals surface area (Å²) in [7, 11) is 0. The Labute approximate surface area is 221 Å². The van der Waals surface area contributed by atoms with Crippen molar-refractivity contribution in [2.45, 2.75) is 108 Å². The minimum absolute atomic E-state index is 0.0625. The van der Waals surface area contributed by atoms with Gasteiger partial charge in [0.15, 0.2) is 0 Å². The van der Waals surface area contributed by atoms with Crippen molar-refractivity contribution < 1.29 is 27.2 Å². The van der Waals surface area contributed by atoms with Crippen LogP contribution in [0.15, 0.2) is 29.4 Å². The Morgan fingerprint density at radius 2 is 1.84 bits per heavy atom. The van der Waals surface area contributed by atoms with Crippen molar-refractivity contribution in [2.24, 2.45) is 28.3 Å². The van der Waals surface area contributed by atoms with E-state index in [9.17, 15) is 27.2 Å². The number of alkyl halides is 5. The van der Waals surface area contributed by atoms with Gasteiger partial charge in [-0.25, -0.2) is 0 Å². The highest BCUT2D eigenvalue weighted by atomic mass is 32.2. The third kappa shape index (κ3) is 5.56. The SMILES string of the molecule is CCC(C)(CCC1Cc2ccccc2C2CCC3(C)/C(=N\O)CCC3C12)SCCCC(F)(F)C(F)(F)F. The maximum absolute atomic E-state index is 13.3. The van der Waals surface area contributed by atoms with E-state index in [1.807, 2.05) is 0 Å². The Balaban J connectivity index is 1.46. The lowest BCUT2D eigenvalue weighted by Crippen LogP contribution is -2.46. The summed E-state index contributed by atoms with van der Waals surface area (Å²) in [6.07, 6.45) is 0.984. The molecule has 0 spiro atoms. The number of benzene rings is 1. The summed E-state index contributed by atoms with van der Waals surface area (Å²) in [5.41, 5.74) is 3.77. The average Bonchev–Trinajstić information content (AvgIpc) is 3.20. The molecule has 0 aromatic heterocycles. The Morgan fingerprint density at radius 3 is 2.51 bits per heavy atom. The number of fused-ring (bicyclic) bond motifs is 5. The molecule has 3 aliphatic rings. The summed E-state index contributed by atoms with van der Waals surface area (Å²) in [6.45, 7) is 6.48. The van der Waals surface area contributed by atoms with Crippen LogP contribution in [-0.4, -0.2) is 33.5 Å². The minimum atomic E-state index is -5.48. The van der Waals surface area contributed by atoms with Gasteiger partial charge in [-0.3, -0.25) is 0 Å². The molecule has 1 aromatic rings. The van der Waals surface area contributed by atoms with Crippen LogP contribution >= 0.6 is 11.8 Å². The summed E-state index contributed by atoms with van der Waals surface area (Å²) in [6, 6.07) is 8.77. The fourth-order valence-corrected chi connectivity index (χ4v) is 8.81. The van der Waals surface area contributed by atoms with Gasteiger partial charge >= 0.3 is 12.1 Å². The maximum atomic E-state index is 13.3. The predicted octanol–water partition coefficient (Wildman–Crippen LogP) is 9.26. The third-order valence-electron chi connectivity index (χ3n) is 9.97. The normalized spacial score (nSPS) is 32.5. The molecule has 2 fully saturated rings. The highest BCUT2D eigenvalue weighted by molar-refractivity contribution is 8.00. The van der Waals surface area contributed by atoms with E-state index < -0.39 is 18.5 Å². The summed E-state index contributed by atoms with van der Waals surface area (Å²) in [4.78, 5) is 0. The largest absolute Gasteiger partial charge is 0.453 e. The van der Waals surface area contributed by atoms with E-state index in [-0.39, 0.29) is 16.6 Å². The molecule has 6 unspecified atom stereocenters. The standard InChI is InChI=1S/C29H40F5NOS/c1-4-26(2,37-17-7-14-28(30,31)29(32,33)34)15-12-20-18-19-8-5-6-9-21(19)22-13-16-27(3)23(25(20)22)10-11-24(27)35-36/h5-6,8-9,20,22-23,25,36H,4,7,10-18H2,1-3H3/b35-24-. The molecule has 37 heavy (non-hydrogen) atoms. The lowest BCUT2D eigenvalue weighted by Gasteiger charge is -2.52. The zero-order chi connectivity index (χ0) is 27.1. The fraction of sp³-hybridized carbons (Fsp3) is 0.759. The first-order valence-electron chi connectivity index (χ1n) is 13.7. The smallest absolute Gasteiger partial charge is 0.411 e. The highest BCUT2D eigenvalue weighted by Gasteiger charge is 2.57. The molecule has 3 aliphatic carbocycles. The van der Waals surface area contributed by atoms with Gasteiger partial charge in [-0.15, -0.1) is 0 Å². The van der Waals surface area contributed by atoms with Crippen LogP contribution in [0.25, 0.3) is 0 Å². The van der Waals surface area contributed by atoms with Gasteiger partial charge in [-0.2, -0.15) is 33.7 Å². The van der Waals surface area contributed by atoms with E-state index in [0.717, 1.165) is 57.1 Å². The number of hydrogen-bond acceptors (Lipinski definition) is 3. The lowest BCUT2D eigenvalue weighted by molar-refractivity contribution is -0.284. The molecule has 208 valence electrons. The predicted molar refractivity (Wildman–Crippen MR) is 140 cm³/mol. The molecule has 0 heterocycles. The highest BCUT2D eigenvalue weighted by Crippen LogP contribution is 2.62. The lowest BCUT2D eigenvalue weighted by atomic mass is 9.52. The first-order valence-corrected chi connectivity index (χ1v) is 14.7. The van der Waals surface area contributed by atoms with Crippen LogP contribution in [-0.2, 0) is 6.42 Å². The van der Waals surface area contributed by atoms with E-state index >= 15 is 0 Å². The van der Waals surface area contributed by atoms with E-state index in [1.165, 1.54) is 11.1 Å². The molecule has 0 bridgehead atoms. The van der Waals surface area contributed by atoms with Crippen LogP contribution in [0.1, 0.15) is 95.6 Å². The summed E-state index contributed by atoms with van der Waals surface area (Å²) in [5.74, 6) is -2.37. The molecule has 0 saturated heterocycles. The van der Waals surface area contributed by atoms with Gasteiger partial charge in [0.25, 0.3) is 0 Å². The quantitative estimate of drug-likeness (QED) is 0.145. The molecule has 1 aromatic carbocycles. The number of thioether (sulfide) groups is 1. The van der Waals surface area contributed by atoms with E-state index in [2.05, 4.69) is 50.2 Å². The molecule has 0 radical (unpaired) electrons. The number of rotatable bonds is 9. The van der Waals surface area contributed by atoms with Crippen LogP contribution in [0.2, 0.25) is 0 Å². The van der Waals surface area contributed by atoms with Crippen molar-refractivity contribution in [3.05, 3.63) is 35.4 Å². The number of halogens is 5. The van der Waals surface area contributed by atoms with Crippen molar-refractivity contribution in [3.8, 4) is 0 Å². The monoisotopic (exact) mass is 545 g/mol. The minimum Gasteiger partial charge on any atom is -0.411 e. The van der Waals surface area contributed by atoms with E-state index in [1.54, 1.807) is 11.8 Å². The molecule has 6 atom stereocenters. The number of hydrogen-bond donors (Lipinski definition) is 1. The van der Waals surface area contributed by atoms with Gasteiger partial charge in [-0.1, -0.05) is 50.2 Å². The van der Waals surface area contributed by atoms with Crippen molar-refractivity contribution in [1.29, 1.82) is 0 Å². The fourth-order valence-electron chi connectivity index (χ4n) is 7.56.